The van der Waals surface area contributed by atoms with Crippen LogP contribution in [-0.4, -0.2) is 30.9 Å². The van der Waals surface area contributed by atoms with Gasteiger partial charge in [-0.25, -0.2) is 0 Å². The van der Waals surface area contributed by atoms with E-state index in [4.69, 9.17) is 19.3 Å². The second kappa shape index (κ2) is 7.26. The first-order chi connectivity index (χ1) is 9.70. The second-order valence-corrected chi connectivity index (χ2v) is 4.80. The molecule has 0 aliphatic carbocycles. The van der Waals surface area contributed by atoms with Crippen molar-refractivity contribution in [3.05, 3.63) is 29.8 Å². The van der Waals surface area contributed by atoms with Gasteiger partial charge in [0.15, 0.2) is 6.29 Å². The number of unbranched alkanes of at least 4 members (excludes halogenated alkanes) is 1. The molecule has 5 heteroatoms. The highest BCUT2D eigenvalue weighted by Crippen LogP contribution is 2.26. The molecule has 1 aromatic carbocycles. The number of carboxylic acids is 1. The summed E-state index contributed by atoms with van der Waals surface area (Å²) in [6, 6.07) is 7.52. The van der Waals surface area contributed by atoms with Crippen molar-refractivity contribution in [2.45, 2.75) is 26.1 Å². The number of ether oxygens (including phenoxy) is 3. The van der Waals surface area contributed by atoms with Gasteiger partial charge in [-0.15, -0.1) is 0 Å². The van der Waals surface area contributed by atoms with Crippen molar-refractivity contribution in [3.8, 4) is 5.75 Å². The minimum absolute atomic E-state index is 0.175. The lowest BCUT2D eigenvalue weighted by atomic mass is 10.1. The summed E-state index contributed by atoms with van der Waals surface area (Å²) in [5.41, 5.74) is 0.872. The van der Waals surface area contributed by atoms with Crippen molar-refractivity contribution >= 4 is 5.97 Å². The van der Waals surface area contributed by atoms with Gasteiger partial charge in [0.1, 0.15) is 11.7 Å². The number of benzene rings is 1. The van der Waals surface area contributed by atoms with Gasteiger partial charge in [0, 0.05) is 5.56 Å². The zero-order chi connectivity index (χ0) is 14.4. The highest BCUT2D eigenvalue weighted by Gasteiger charge is 2.28. The van der Waals surface area contributed by atoms with Crippen LogP contribution < -0.4 is 4.74 Å². The Bertz CT molecular complexity index is 420. The molecule has 0 aromatic heterocycles. The number of carbonyl (C=O) groups is 1. The molecule has 1 heterocycles. The monoisotopic (exact) mass is 280 g/mol. The third kappa shape index (κ3) is 3.95. The molecular formula is C15H20O5. The minimum Gasteiger partial charge on any atom is -0.494 e. The van der Waals surface area contributed by atoms with Crippen LogP contribution in [0.4, 0.5) is 0 Å². The summed E-state index contributed by atoms with van der Waals surface area (Å²) in [4.78, 5) is 10.8. The molecule has 1 fully saturated rings. The highest BCUT2D eigenvalue weighted by atomic mass is 16.7. The van der Waals surface area contributed by atoms with Gasteiger partial charge in [-0.1, -0.05) is 25.5 Å². The lowest BCUT2D eigenvalue weighted by Crippen LogP contribution is -2.32. The first kappa shape index (κ1) is 14.8. The van der Waals surface area contributed by atoms with Gasteiger partial charge in [0.2, 0.25) is 0 Å². The normalized spacial score (nSPS) is 22.4. The predicted molar refractivity (Wildman–Crippen MR) is 72.6 cm³/mol. The molecule has 0 amide bonds. The summed E-state index contributed by atoms with van der Waals surface area (Å²) in [5.74, 6) is -0.646. The van der Waals surface area contributed by atoms with E-state index in [1.165, 1.54) is 0 Å². The van der Waals surface area contributed by atoms with Crippen molar-refractivity contribution in [2.75, 3.05) is 19.8 Å². The van der Waals surface area contributed by atoms with E-state index < -0.39 is 18.2 Å². The molecule has 0 unspecified atom stereocenters. The van der Waals surface area contributed by atoms with Gasteiger partial charge in [0.05, 0.1) is 19.8 Å². The van der Waals surface area contributed by atoms with Gasteiger partial charge in [0.25, 0.3) is 0 Å². The summed E-state index contributed by atoms with van der Waals surface area (Å²) in [6.45, 7) is 3.19. The Morgan fingerprint density at radius 1 is 1.30 bits per heavy atom. The topological polar surface area (TPSA) is 65.0 Å². The zero-order valence-electron chi connectivity index (χ0n) is 11.6. The Balaban J connectivity index is 1.86. The van der Waals surface area contributed by atoms with E-state index in [0.29, 0.717) is 6.61 Å². The van der Waals surface area contributed by atoms with Crippen molar-refractivity contribution < 1.29 is 24.1 Å². The third-order valence-electron chi connectivity index (χ3n) is 3.17. The maximum absolute atomic E-state index is 10.8. The third-order valence-corrected chi connectivity index (χ3v) is 3.17. The fourth-order valence-electron chi connectivity index (χ4n) is 1.89. The van der Waals surface area contributed by atoms with Crippen LogP contribution in [0, 0.1) is 5.92 Å². The Hall–Kier alpha value is -1.59. The highest BCUT2D eigenvalue weighted by molar-refractivity contribution is 5.70. The number of hydrogen-bond donors (Lipinski definition) is 1. The summed E-state index contributed by atoms with van der Waals surface area (Å²) < 4.78 is 16.4. The van der Waals surface area contributed by atoms with Crippen molar-refractivity contribution in [1.82, 2.24) is 0 Å². The van der Waals surface area contributed by atoms with Crippen LogP contribution in [-0.2, 0) is 14.3 Å². The summed E-state index contributed by atoms with van der Waals surface area (Å²) in [5, 5.41) is 8.86. The maximum Gasteiger partial charge on any atom is 0.311 e. The van der Waals surface area contributed by atoms with E-state index in [9.17, 15) is 4.79 Å². The number of aliphatic carboxylic acids is 1. The van der Waals surface area contributed by atoms with Gasteiger partial charge in [-0.05, 0) is 18.6 Å². The molecule has 1 aliphatic heterocycles. The molecular weight excluding hydrogens is 260 g/mol. The molecule has 1 N–H and O–H groups in total. The Labute approximate surface area is 118 Å². The summed E-state index contributed by atoms with van der Waals surface area (Å²) in [6.07, 6.45) is 1.65. The quantitative estimate of drug-likeness (QED) is 0.811. The smallest absolute Gasteiger partial charge is 0.311 e. The van der Waals surface area contributed by atoms with Crippen LogP contribution in [0.15, 0.2) is 24.3 Å². The second-order valence-electron chi connectivity index (χ2n) is 4.80. The first-order valence-corrected chi connectivity index (χ1v) is 6.89. The molecule has 1 aromatic rings. The fraction of sp³-hybridized carbons (Fsp3) is 0.533. The van der Waals surface area contributed by atoms with Crippen molar-refractivity contribution in [2.24, 2.45) is 5.92 Å². The van der Waals surface area contributed by atoms with E-state index in [1.807, 2.05) is 24.3 Å². The van der Waals surface area contributed by atoms with Crippen LogP contribution in [0.3, 0.4) is 0 Å². The Kier molecular flexibility index (Phi) is 5.38. The van der Waals surface area contributed by atoms with Crippen LogP contribution in [0.1, 0.15) is 31.6 Å². The molecule has 1 saturated heterocycles. The molecule has 0 spiro atoms. The Morgan fingerprint density at radius 3 is 2.50 bits per heavy atom. The minimum atomic E-state index is -0.886. The fourth-order valence-corrected chi connectivity index (χ4v) is 1.89. The van der Waals surface area contributed by atoms with E-state index in [1.54, 1.807) is 0 Å². The molecule has 2 rings (SSSR count). The van der Waals surface area contributed by atoms with E-state index in [0.717, 1.165) is 24.2 Å². The molecule has 110 valence electrons. The maximum atomic E-state index is 10.8. The van der Waals surface area contributed by atoms with Crippen molar-refractivity contribution in [1.29, 1.82) is 0 Å². The van der Waals surface area contributed by atoms with Gasteiger partial charge in [-0.3, -0.25) is 4.79 Å². The number of rotatable bonds is 6. The van der Waals surface area contributed by atoms with Crippen LogP contribution in [0.25, 0.3) is 0 Å². The first-order valence-electron chi connectivity index (χ1n) is 6.89. The average Bonchev–Trinajstić information content (AvgIpc) is 2.48. The average molecular weight is 280 g/mol. The summed E-state index contributed by atoms with van der Waals surface area (Å²) in [7, 11) is 0. The molecule has 5 nitrogen and oxygen atoms in total. The predicted octanol–water partition coefficient (Wildman–Crippen LogP) is 2.61. The molecule has 20 heavy (non-hydrogen) atoms. The standard InChI is InChI=1S/C15H20O5/c1-2-3-8-18-13-6-4-11(5-7-13)15-19-9-12(10-20-15)14(16)17/h4-7,12,15H,2-3,8-10H2,1H3,(H,16,17). The molecule has 1 aliphatic rings. The van der Waals surface area contributed by atoms with Gasteiger partial charge in [-0.2, -0.15) is 0 Å². The molecule has 0 saturated carbocycles. The van der Waals surface area contributed by atoms with Crippen LogP contribution >= 0.6 is 0 Å². The van der Waals surface area contributed by atoms with Crippen LogP contribution in [0.2, 0.25) is 0 Å². The Morgan fingerprint density at radius 2 is 1.95 bits per heavy atom. The molecule has 0 atom stereocenters. The van der Waals surface area contributed by atoms with Crippen molar-refractivity contribution in [3.63, 3.8) is 0 Å². The lowest BCUT2D eigenvalue weighted by Gasteiger charge is -2.27. The largest absolute Gasteiger partial charge is 0.494 e. The van der Waals surface area contributed by atoms with E-state index >= 15 is 0 Å². The molecule has 0 radical (unpaired) electrons. The number of hydrogen-bond acceptors (Lipinski definition) is 4. The van der Waals surface area contributed by atoms with Crippen LogP contribution in [0.5, 0.6) is 5.75 Å². The lowest BCUT2D eigenvalue weighted by molar-refractivity contribution is -0.211. The van der Waals surface area contributed by atoms with Gasteiger partial charge >= 0.3 is 5.97 Å². The zero-order valence-corrected chi connectivity index (χ0v) is 11.6. The number of carboxylic acid groups (broad SMARTS) is 1. The summed E-state index contributed by atoms with van der Waals surface area (Å²) >= 11 is 0. The van der Waals surface area contributed by atoms with E-state index in [-0.39, 0.29) is 13.2 Å². The molecule has 0 bridgehead atoms. The van der Waals surface area contributed by atoms with E-state index in [2.05, 4.69) is 6.92 Å². The van der Waals surface area contributed by atoms with Gasteiger partial charge < -0.3 is 19.3 Å². The SMILES string of the molecule is CCCCOc1ccc(C2OCC(C(=O)O)CO2)cc1.